The Bertz CT molecular complexity index is 715. The summed E-state index contributed by atoms with van der Waals surface area (Å²) in [6.45, 7) is 3.70. The van der Waals surface area contributed by atoms with Gasteiger partial charge in [0.2, 0.25) is 5.91 Å². The summed E-state index contributed by atoms with van der Waals surface area (Å²) < 4.78 is 7.72. The van der Waals surface area contributed by atoms with Gasteiger partial charge in [-0.1, -0.05) is 30.3 Å². The predicted molar refractivity (Wildman–Crippen MR) is 95.7 cm³/mol. The third kappa shape index (κ3) is 4.08. The summed E-state index contributed by atoms with van der Waals surface area (Å²) in [5, 5.41) is 4.22. The predicted octanol–water partition coefficient (Wildman–Crippen LogP) is 1.97. The van der Waals surface area contributed by atoms with Gasteiger partial charge in [-0.3, -0.25) is 9.48 Å². The third-order valence-electron chi connectivity index (χ3n) is 4.84. The molecule has 2 heterocycles. The minimum atomic E-state index is -0.510. The van der Waals surface area contributed by atoms with E-state index in [9.17, 15) is 4.79 Å². The molecule has 2 unspecified atom stereocenters. The third-order valence-corrected chi connectivity index (χ3v) is 4.84. The van der Waals surface area contributed by atoms with Gasteiger partial charge in [-0.05, 0) is 18.9 Å². The summed E-state index contributed by atoms with van der Waals surface area (Å²) in [4.78, 5) is 14.5. The van der Waals surface area contributed by atoms with E-state index in [2.05, 4.69) is 5.10 Å². The molecule has 0 saturated carbocycles. The van der Waals surface area contributed by atoms with E-state index in [0.717, 1.165) is 11.1 Å². The number of hydrogen-bond donors (Lipinski definition) is 1. The van der Waals surface area contributed by atoms with Crippen molar-refractivity contribution in [3.63, 3.8) is 0 Å². The molecule has 1 amide bonds. The fourth-order valence-corrected chi connectivity index (χ4v) is 3.26. The minimum Gasteiger partial charge on any atom is -0.367 e. The summed E-state index contributed by atoms with van der Waals surface area (Å²) in [6.07, 6.45) is 4.83. The van der Waals surface area contributed by atoms with Crippen LogP contribution in [0.4, 0.5) is 0 Å². The summed E-state index contributed by atoms with van der Waals surface area (Å²) >= 11 is 0. The molecule has 0 bridgehead atoms. The molecule has 2 aromatic rings. The summed E-state index contributed by atoms with van der Waals surface area (Å²) in [7, 11) is 1.88. The number of nitrogens with two attached hydrogens (primary N) is 1. The van der Waals surface area contributed by atoms with Crippen molar-refractivity contribution in [1.82, 2.24) is 14.7 Å². The second-order valence-corrected chi connectivity index (χ2v) is 6.85. The fraction of sp³-hybridized carbons (Fsp3) is 0.474. The zero-order valence-electron chi connectivity index (χ0n) is 14.9. The van der Waals surface area contributed by atoms with Crippen molar-refractivity contribution in [3.8, 4) is 0 Å². The molecule has 2 atom stereocenters. The molecule has 1 aromatic heterocycles. The Labute approximate surface area is 148 Å². The van der Waals surface area contributed by atoms with E-state index in [0.29, 0.717) is 32.5 Å². The molecule has 0 spiro atoms. The van der Waals surface area contributed by atoms with Crippen molar-refractivity contribution in [3.05, 3.63) is 53.9 Å². The summed E-state index contributed by atoms with van der Waals surface area (Å²) in [5.74, 6) is 0.129. The van der Waals surface area contributed by atoms with Gasteiger partial charge in [-0.15, -0.1) is 0 Å². The van der Waals surface area contributed by atoms with Gasteiger partial charge in [-0.25, -0.2) is 0 Å². The average molecular weight is 342 g/mol. The van der Waals surface area contributed by atoms with Crippen molar-refractivity contribution >= 4 is 5.91 Å². The number of rotatable bonds is 5. The Morgan fingerprint density at radius 1 is 1.40 bits per heavy atom. The number of benzene rings is 1. The Morgan fingerprint density at radius 2 is 2.16 bits per heavy atom. The molecule has 6 nitrogen and oxygen atoms in total. The fourth-order valence-electron chi connectivity index (χ4n) is 3.26. The number of carbonyl (C=O) groups excluding carboxylic acids is 1. The molecular formula is C19H26N4O2. The normalized spacial score (nSPS) is 22.0. The van der Waals surface area contributed by atoms with Gasteiger partial charge in [-0.2, -0.15) is 5.10 Å². The molecule has 1 aromatic carbocycles. The standard InChI is InChI=1S/C19H26N4O2/c1-19(16-12-21-22(2)13-16)14-23(10-11-25-19)18(24)9-8-17(20)15-6-4-3-5-7-15/h3-7,12-13,17H,8-11,14,20H2,1-2H3. The number of ether oxygens (including phenoxy) is 1. The number of hydrogen-bond acceptors (Lipinski definition) is 4. The molecule has 0 aliphatic carbocycles. The van der Waals surface area contributed by atoms with Crippen LogP contribution in [0.25, 0.3) is 0 Å². The summed E-state index contributed by atoms with van der Waals surface area (Å²) in [6, 6.07) is 9.80. The number of aromatic nitrogens is 2. The van der Waals surface area contributed by atoms with Gasteiger partial charge in [0, 0.05) is 37.8 Å². The first-order chi connectivity index (χ1) is 12.0. The zero-order chi connectivity index (χ0) is 17.9. The van der Waals surface area contributed by atoms with Gasteiger partial charge in [0.05, 0.1) is 19.3 Å². The molecule has 134 valence electrons. The van der Waals surface area contributed by atoms with Crippen molar-refractivity contribution < 1.29 is 9.53 Å². The van der Waals surface area contributed by atoms with E-state index in [1.807, 2.05) is 55.4 Å². The van der Waals surface area contributed by atoms with Gasteiger partial charge in [0.15, 0.2) is 0 Å². The van der Waals surface area contributed by atoms with Crippen LogP contribution in [0.15, 0.2) is 42.7 Å². The number of morpholine rings is 1. The van der Waals surface area contributed by atoms with Crippen molar-refractivity contribution in [2.75, 3.05) is 19.7 Å². The molecule has 1 fully saturated rings. The SMILES string of the molecule is Cn1cc(C2(C)CN(C(=O)CCC(N)c3ccccc3)CCO2)cn1. The second-order valence-electron chi connectivity index (χ2n) is 6.85. The van der Waals surface area contributed by atoms with E-state index >= 15 is 0 Å². The quantitative estimate of drug-likeness (QED) is 0.902. The van der Waals surface area contributed by atoms with E-state index < -0.39 is 5.60 Å². The average Bonchev–Trinajstić information content (AvgIpc) is 3.07. The monoisotopic (exact) mass is 342 g/mol. The number of aryl methyl sites for hydroxylation is 1. The Hall–Kier alpha value is -2.18. The molecule has 1 aliphatic rings. The molecular weight excluding hydrogens is 316 g/mol. The van der Waals surface area contributed by atoms with E-state index in [4.69, 9.17) is 10.5 Å². The lowest BCUT2D eigenvalue weighted by Crippen LogP contribution is -2.50. The van der Waals surface area contributed by atoms with E-state index in [-0.39, 0.29) is 11.9 Å². The molecule has 6 heteroatoms. The molecule has 0 radical (unpaired) electrons. The van der Waals surface area contributed by atoms with Crippen LogP contribution in [0.5, 0.6) is 0 Å². The first-order valence-corrected chi connectivity index (χ1v) is 8.69. The van der Waals surface area contributed by atoms with Crippen LogP contribution in [0.2, 0.25) is 0 Å². The van der Waals surface area contributed by atoms with Gasteiger partial charge in [0.25, 0.3) is 0 Å². The molecule has 3 rings (SSSR count). The van der Waals surface area contributed by atoms with Crippen LogP contribution in [0, 0.1) is 0 Å². The van der Waals surface area contributed by atoms with E-state index in [1.165, 1.54) is 0 Å². The lowest BCUT2D eigenvalue weighted by molar-refractivity contribution is -0.149. The summed E-state index contributed by atoms with van der Waals surface area (Å²) in [5.41, 5.74) is 7.76. The molecule has 1 saturated heterocycles. The largest absolute Gasteiger partial charge is 0.367 e. The molecule has 25 heavy (non-hydrogen) atoms. The number of amides is 1. The molecule has 2 N–H and O–H groups in total. The van der Waals surface area contributed by atoms with Crippen molar-refractivity contribution in [1.29, 1.82) is 0 Å². The smallest absolute Gasteiger partial charge is 0.222 e. The lowest BCUT2D eigenvalue weighted by Gasteiger charge is -2.40. The highest BCUT2D eigenvalue weighted by atomic mass is 16.5. The van der Waals surface area contributed by atoms with Crippen LogP contribution in [0.1, 0.15) is 36.9 Å². The van der Waals surface area contributed by atoms with Crippen molar-refractivity contribution in [2.45, 2.75) is 31.4 Å². The van der Waals surface area contributed by atoms with Gasteiger partial charge >= 0.3 is 0 Å². The van der Waals surface area contributed by atoms with E-state index in [1.54, 1.807) is 10.9 Å². The maximum atomic E-state index is 12.7. The van der Waals surface area contributed by atoms with Gasteiger partial charge < -0.3 is 15.4 Å². The highest BCUT2D eigenvalue weighted by Gasteiger charge is 2.36. The topological polar surface area (TPSA) is 73.4 Å². The number of carbonyl (C=O) groups is 1. The van der Waals surface area contributed by atoms with Gasteiger partial charge in [0.1, 0.15) is 5.60 Å². The van der Waals surface area contributed by atoms with Crippen LogP contribution < -0.4 is 5.73 Å². The number of nitrogens with zero attached hydrogens (tertiary/aromatic N) is 3. The Balaban J connectivity index is 1.58. The second kappa shape index (κ2) is 7.37. The highest BCUT2D eigenvalue weighted by molar-refractivity contribution is 5.76. The van der Waals surface area contributed by atoms with Crippen molar-refractivity contribution in [2.24, 2.45) is 12.8 Å². The van der Waals surface area contributed by atoms with Crippen LogP contribution in [-0.2, 0) is 22.2 Å². The first kappa shape index (κ1) is 17.6. The highest BCUT2D eigenvalue weighted by Crippen LogP contribution is 2.29. The Kier molecular flexibility index (Phi) is 5.20. The molecule has 1 aliphatic heterocycles. The van der Waals surface area contributed by atoms with Crippen LogP contribution in [0.3, 0.4) is 0 Å². The first-order valence-electron chi connectivity index (χ1n) is 8.69. The van der Waals surface area contributed by atoms with Crippen LogP contribution >= 0.6 is 0 Å². The lowest BCUT2D eigenvalue weighted by atomic mass is 9.96. The maximum Gasteiger partial charge on any atom is 0.222 e. The Morgan fingerprint density at radius 3 is 2.84 bits per heavy atom. The van der Waals surface area contributed by atoms with Crippen LogP contribution in [-0.4, -0.2) is 40.3 Å². The minimum absolute atomic E-state index is 0.115. The maximum absolute atomic E-state index is 12.7. The zero-order valence-corrected chi connectivity index (χ0v) is 14.9.